The van der Waals surface area contributed by atoms with E-state index in [4.69, 9.17) is 9.47 Å². The zero-order chi connectivity index (χ0) is 43.0. The van der Waals surface area contributed by atoms with Gasteiger partial charge in [-0.15, -0.1) is 0 Å². The number of hydrogen-bond acceptors (Lipinski definition) is 6. The zero-order valence-corrected chi connectivity index (χ0v) is 39.3. The van der Waals surface area contributed by atoms with Gasteiger partial charge in [0.25, 0.3) is 0 Å². The summed E-state index contributed by atoms with van der Waals surface area (Å²) in [6, 6.07) is 8.25. The number of nitrogens with one attached hydrogen (secondary N) is 1. The molecule has 1 aromatic rings. The number of ether oxygens (including phenoxy) is 2. The fraction of sp³-hybridized carbons (Fsp3) is 0.769. The number of hydrogen-bond donors (Lipinski definition) is 1. The van der Waals surface area contributed by atoms with Crippen molar-refractivity contribution in [2.24, 2.45) is 56.7 Å². The average molecular weight is 812 g/mol. The molecule has 1 aromatic carbocycles. The van der Waals surface area contributed by atoms with Crippen molar-refractivity contribution in [3.8, 4) is 0 Å². The Morgan fingerprint density at radius 2 is 1.46 bits per heavy atom. The molecule has 5 aliphatic carbocycles. The maximum atomic E-state index is 12.8. The van der Waals surface area contributed by atoms with Crippen molar-refractivity contribution in [3.63, 3.8) is 0 Å². The number of nitrogens with zero attached hydrogens (tertiary/aromatic N) is 2. The summed E-state index contributed by atoms with van der Waals surface area (Å²) in [4.78, 5) is 29.8. The third-order valence-corrected chi connectivity index (χ3v) is 17.8. The van der Waals surface area contributed by atoms with E-state index in [0.29, 0.717) is 45.5 Å². The molecule has 1 amide bonds. The zero-order valence-electron chi connectivity index (χ0n) is 39.3. The van der Waals surface area contributed by atoms with E-state index >= 15 is 0 Å². The predicted molar refractivity (Wildman–Crippen MR) is 241 cm³/mol. The molecule has 0 radical (unpaired) electrons. The van der Waals surface area contributed by atoms with Gasteiger partial charge in [0.05, 0.1) is 5.56 Å². The number of esters is 1. The summed E-state index contributed by atoms with van der Waals surface area (Å²) >= 11 is 0. The van der Waals surface area contributed by atoms with Gasteiger partial charge in [0, 0.05) is 45.8 Å². The third-order valence-electron chi connectivity index (χ3n) is 17.8. The molecule has 7 heteroatoms. The summed E-state index contributed by atoms with van der Waals surface area (Å²) in [7, 11) is 0. The fourth-order valence-electron chi connectivity index (χ4n) is 14.9. The Hall–Kier alpha value is -2.64. The van der Waals surface area contributed by atoms with Gasteiger partial charge in [-0.2, -0.15) is 0 Å². The standard InChI is InChI=1S/C52H81N3O4/c1-35(2)38-20-25-52(34-53-28-29-54-30-32-55(33-31-54)45(57)59-47(6,7)8)27-26-50(12)40(43(38)52)18-19-42-49(11)23-21-39(48(9,10)41(49)22-24-51(42,50)13)36-14-16-37(17-15-36)44(56)58-46(3,4)5/h14-17,21,38,40-43,53H,1,18-20,22-34H2,2-13H3/t38-,40+,41-,42+,43+,49-,50+,51+,52+/m0/s1. The van der Waals surface area contributed by atoms with Crippen molar-refractivity contribution in [2.75, 3.05) is 45.8 Å². The number of allylic oxidation sites excluding steroid dienone is 3. The molecule has 0 bridgehead atoms. The lowest BCUT2D eigenvalue weighted by Crippen LogP contribution is -2.66. The van der Waals surface area contributed by atoms with Crippen LogP contribution >= 0.6 is 0 Å². The maximum absolute atomic E-state index is 12.8. The van der Waals surface area contributed by atoms with Gasteiger partial charge in [-0.3, -0.25) is 4.90 Å². The van der Waals surface area contributed by atoms with Gasteiger partial charge in [-0.05, 0) is 186 Å². The lowest BCUT2D eigenvalue weighted by molar-refractivity contribution is -0.225. The monoisotopic (exact) mass is 812 g/mol. The Bertz CT molecular complexity index is 1780. The van der Waals surface area contributed by atoms with Crippen LogP contribution < -0.4 is 5.32 Å². The van der Waals surface area contributed by atoms with E-state index in [1.54, 1.807) is 0 Å². The van der Waals surface area contributed by atoms with E-state index in [0.717, 1.165) is 58.2 Å². The number of carbonyl (C=O) groups is 2. The van der Waals surface area contributed by atoms with Crippen LogP contribution in [0.4, 0.5) is 4.79 Å². The molecule has 328 valence electrons. The molecule has 5 fully saturated rings. The predicted octanol–water partition coefficient (Wildman–Crippen LogP) is 11.4. The van der Waals surface area contributed by atoms with Crippen molar-refractivity contribution in [1.29, 1.82) is 0 Å². The molecule has 7 nitrogen and oxygen atoms in total. The first kappa shape index (κ1) is 44.4. The Kier molecular flexibility index (Phi) is 11.8. The average Bonchev–Trinajstić information content (AvgIpc) is 3.53. The first-order chi connectivity index (χ1) is 27.4. The molecule has 0 unspecified atom stereocenters. The summed E-state index contributed by atoms with van der Waals surface area (Å²) in [5, 5.41) is 4.04. The molecule has 1 N–H and O–H groups in total. The van der Waals surface area contributed by atoms with Crippen LogP contribution in [-0.2, 0) is 9.47 Å². The molecule has 0 aromatic heterocycles. The number of benzene rings is 1. The van der Waals surface area contributed by atoms with Crippen LogP contribution in [0.3, 0.4) is 0 Å². The van der Waals surface area contributed by atoms with E-state index in [9.17, 15) is 9.59 Å². The second-order valence-corrected chi connectivity index (χ2v) is 23.7. The van der Waals surface area contributed by atoms with Crippen LogP contribution in [0.5, 0.6) is 0 Å². The molecule has 4 saturated carbocycles. The topological polar surface area (TPSA) is 71.1 Å². The molecule has 7 rings (SSSR count). The first-order valence-electron chi connectivity index (χ1n) is 23.6. The highest BCUT2D eigenvalue weighted by molar-refractivity contribution is 5.90. The van der Waals surface area contributed by atoms with E-state index in [1.165, 1.54) is 68.1 Å². The van der Waals surface area contributed by atoms with E-state index in [2.05, 4.69) is 76.5 Å². The number of fused-ring (bicyclic) bond motifs is 7. The number of piperazine rings is 1. The number of carbonyl (C=O) groups excluding carboxylic acids is 2. The van der Waals surface area contributed by atoms with Crippen molar-refractivity contribution >= 4 is 17.6 Å². The highest BCUT2D eigenvalue weighted by atomic mass is 16.6. The summed E-state index contributed by atoms with van der Waals surface area (Å²) in [6.45, 7) is 38.2. The molecular formula is C52H81N3O4. The van der Waals surface area contributed by atoms with Crippen molar-refractivity contribution in [2.45, 2.75) is 152 Å². The Labute approximate surface area is 358 Å². The first-order valence-corrected chi connectivity index (χ1v) is 23.6. The van der Waals surface area contributed by atoms with Gasteiger partial charge in [0.15, 0.2) is 0 Å². The van der Waals surface area contributed by atoms with E-state index in [1.807, 2.05) is 58.6 Å². The maximum Gasteiger partial charge on any atom is 0.410 e. The van der Waals surface area contributed by atoms with Gasteiger partial charge in [-0.25, -0.2) is 9.59 Å². The normalized spacial score (nSPS) is 37.0. The van der Waals surface area contributed by atoms with Gasteiger partial charge in [0.2, 0.25) is 0 Å². The smallest absolute Gasteiger partial charge is 0.410 e. The largest absolute Gasteiger partial charge is 0.456 e. The van der Waals surface area contributed by atoms with Crippen LogP contribution in [0.25, 0.3) is 5.57 Å². The number of amides is 1. The highest BCUT2D eigenvalue weighted by Crippen LogP contribution is 2.77. The SMILES string of the molecule is C=C(C)[C@@H]1CC[C@]2(CNCCN3CCN(C(=O)OC(C)(C)C)CC3)CC[C@]3(C)[C@H](CC[C@@H]4[C@@]5(C)CC=C(c6ccc(C(=O)OC(C)(C)C)cc6)C(C)(C)[C@@H]5CC[C@]43C)[C@@H]12. The minimum absolute atomic E-state index is 0.0368. The van der Waals surface area contributed by atoms with Crippen LogP contribution in [0, 0.1) is 56.7 Å². The van der Waals surface area contributed by atoms with Crippen LogP contribution in [0.2, 0.25) is 0 Å². The van der Waals surface area contributed by atoms with E-state index in [-0.39, 0.29) is 22.9 Å². The summed E-state index contributed by atoms with van der Waals surface area (Å²) < 4.78 is 11.3. The van der Waals surface area contributed by atoms with Gasteiger partial charge >= 0.3 is 12.1 Å². The quantitative estimate of drug-likeness (QED) is 0.160. The Morgan fingerprint density at radius 3 is 2.08 bits per heavy atom. The van der Waals surface area contributed by atoms with Crippen molar-refractivity contribution in [1.82, 2.24) is 15.1 Å². The summed E-state index contributed by atoms with van der Waals surface area (Å²) in [5.41, 5.74) is 5.03. The van der Waals surface area contributed by atoms with Crippen LogP contribution in [0.15, 0.2) is 42.5 Å². The molecule has 1 saturated heterocycles. The lowest BCUT2D eigenvalue weighted by atomic mass is 9.32. The molecule has 59 heavy (non-hydrogen) atoms. The molecular weight excluding hydrogens is 731 g/mol. The Morgan fingerprint density at radius 1 is 0.797 bits per heavy atom. The van der Waals surface area contributed by atoms with Gasteiger partial charge in [-0.1, -0.05) is 65.0 Å². The van der Waals surface area contributed by atoms with E-state index < -0.39 is 11.2 Å². The van der Waals surface area contributed by atoms with Crippen molar-refractivity contribution < 1.29 is 19.1 Å². The molecule has 1 aliphatic heterocycles. The molecule has 9 atom stereocenters. The number of rotatable bonds is 8. The lowest BCUT2D eigenvalue weighted by Gasteiger charge is -2.72. The van der Waals surface area contributed by atoms with Crippen LogP contribution in [-0.4, -0.2) is 78.9 Å². The van der Waals surface area contributed by atoms with Gasteiger partial charge in [0.1, 0.15) is 11.2 Å². The van der Waals surface area contributed by atoms with Crippen LogP contribution in [0.1, 0.15) is 157 Å². The van der Waals surface area contributed by atoms with Crippen molar-refractivity contribution in [3.05, 3.63) is 53.6 Å². The summed E-state index contributed by atoms with van der Waals surface area (Å²) in [5.74, 6) is 3.11. The minimum Gasteiger partial charge on any atom is -0.456 e. The third kappa shape index (κ3) is 8.00. The molecule has 6 aliphatic rings. The van der Waals surface area contributed by atoms with Gasteiger partial charge < -0.3 is 19.7 Å². The highest BCUT2D eigenvalue weighted by Gasteiger charge is 2.70. The molecule has 1 heterocycles. The fourth-order valence-corrected chi connectivity index (χ4v) is 14.9. The summed E-state index contributed by atoms with van der Waals surface area (Å²) in [6.07, 6.45) is 14.1. The Balaban J connectivity index is 1.04. The minimum atomic E-state index is -0.508. The second-order valence-electron chi connectivity index (χ2n) is 23.7. The molecule has 0 spiro atoms. The second kappa shape index (κ2) is 15.6.